The summed E-state index contributed by atoms with van der Waals surface area (Å²) >= 11 is 9.26. The molecule has 0 aliphatic carbocycles. The van der Waals surface area contributed by atoms with Crippen LogP contribution in [0, 0.1) is 6.92 Å². The van der Waals surface area contributed by atoms with Gasteiger partial charge in [-0.05, 0) is 64.7 Å². The van der Waals surface area contributed by atoms with Crippen LogP contribution in [-0.2, 0) is 4.79 Å². The lowest BCUT2D eigenvalue weighted by Gasteiger charge is -2.19. The van der Waals surface area contributed by atoms with Gasteiger partial charge in [-0.2, -0.15) is 0 Å². The van der Waals surface area contributed by atoms with Gasteiger partial charge in [-0.15, -0.1) is 0 Å². The summed E-state index contributed by atoms with van der Waals surface area (Å²) in [5.41, 5.74) is 2.08. The molecule has 25 heavy (non-hydrogen) atoms. The predicted molar refractivity (Wildman–Crippen MR) is 104 cm³/mol. The number of amides is 1. The second kappa shape index (κ2) is 9.11. The lowest BCUT2D eigenvalue weighted by Crippen LogP contribution is -2.32. The molecule has 0 fully saturated rings. The molecule has 0 radical (unpaired) electrons. The molecule has 2 aromatic carbocycles. The van der Waals surface area contributed by atoms with Crippen LogP contribution in [0.25, 0.3) is 0 Å². The number of methoxy groups -OCH3 is 1. The number of carbonyl (C=O) groups is 1. The highest BCUT2D eigenvalue weighted by Gasteiger charge is 2.15. The average molecular weight is 427 g/mol. The smallest absolute Gasteiger partial charge is 0.258 e. The summed E-state index contributed by atoms with van der Waals surface area (Å²) in [6.45, 7) is 3.95. The van der Waals surface area contributed by atoms with Crippen molar-refractivity contribution in [2.24, 2.45) is 0 Å². The third-order valence-corrected chi connectivity index (χ3v) is 4.67. The second-order valence-electron chi connectivity index (χ2n) is 5.62. The molecule has 0 saturated heterocycles. The molecule has 0 spiro atoms. The van der Waals surface area contributed by atoms with Crippen molar-refractivity contribution in [2.75, 3.05) is 13.7 Å². The predicted octanol–water partition coefficient (Wildman–Crippen LogP) is 5.07. The van der Waals surface area contributed by atoms with E-state index in [0.717, 1.165) is 23.3 Å². The largest absolute Gasteiger partial charge is 0.496 e. The zero-order chi connectivity index (χ0) is 18.4. The Morgan fingerprint density at radius 2 is 1.96 bits per heavy atom. The maximum absolute atomic E-state index is 12.2. The molecule has 134 valence electrons. The zero-order valence-electron chi connectivity index (χ0n) is 14.4. The normalized spacial score (nSPS) is 11.7. The van der Waals surface area contributed by atoms with Crippen LogP contribution in [0.2, 0.25) is 5.02 Å². The van der Waals surface area contributed by atoms with Crippen molar-refractivity contribution in [2.45, 2.75) is 26.3 Å². The SMILES string of the molecule is CC[C@H](NC(=O)COc1ccc(Cl)cc1Br)c1ccc(OC)c(C)c1. The number of ether oxygens (including phenoxy) is 2. The van der Waals surface area contributed by atoms with Crippen LogP contribution in [0.3, 0.4) is 0 Å². The fourth-order valence-electron chi connectivity index (χ4n) is 2.51. The first-order valence-electron chi connectivity index (χ1n) is 7.96. The van der Waals surface area contributed by atoms with Gasteiger partial charge in [0.2, 0.25) is 0 Å². The molecule has 0 saturated carbocycles. The summed E-state index contributed by atoms with van der Waals surface area (Å²) in [6, 6.07) is 11.0. The second-order valence-corrected chi connectivity index (χ2v) is 6.91. The van der Waals surface area contributed by atoms with Gasteiger partial charge in [-0.1, -0.05) is 30.7 Å². The summed E-state index contributed by atoms with van der Waals surface area (Å²) < 4.78 is 11.6. The topological polar surface area (TPSA) is 47.6 Å². The van der Waals surface area contributed by atoms with Crippen LogP contribution < -0.4 is 14.8 Å². The van der Waals surface area contributed by atoms with Gasteiger partial charge in [0.25, 0.3) is 5.91 Å². The number of rotatable bonds is 7. The Kier molecular flexibility index (Phi) is 7.14. The van der Waals surface area contributed by atoms with E-state index in [1.54, 1.807) is 25.3 Å². The molecular formula is C19H21BrClNO3. The van der Waals surface area contributed by atoms with Gasteiger partial charge in [-0.3, -0.25) is 4.79 Å². The van der Waals surface area contributed by atoms with Crippen LogP contribution in [0.5, 0.6) is 11.5 Å². The molecule has 0 aliphatic rings. The molecule has 4 nitrogen and oxygen atoms in total. The minimum atomic E-state index is -0.179. The van der Waals surface area contributed by atoms with E-state index in [1.165, 1.54) is 0 Å². The van der Waals surface area contributed by atoms with Gasteiger partial charge >= 0.3 is 0 Å². The van der Waals surface area contributed by atoms with Crippen LogP contribution >= 0.6 is 27.5 Å². The van der Waals surface area contributed by atoms with Crippen LogP contribution in [-0.4, -0.2) is 19.6 Å². The highest BCUT2D eigenvalue weighted by Crippen LogP contribution is 2.28. The van der Waals surface area contributed by atoms with Crippen LogP contribution in [0.15, 0.2) is 40.9 Å². The van der Waals surface area contributed by atoms with Crippen molar-refractivity contribution in [3.8, 4) is 11.5 Å². The van der Waals surface area contributed by atoms with Crippen molar-refractivity contribution < 1.29 is 14.3 Å². The molecule has 0 aromatic heterocycles. The molecule has 1 amide bonds. The number of nitrogens with one attached hydrogen (secondary N) is 1. The van der Waals surface area contributed by atoms with E-state index in [9.17, 15) is 4.79 Å². The maximum Gasteiger partial charge on any atom is 0.258 e. The molecule has 1 N–H and O–H groups in total. The van der Waals surface area contributed by atoms with E-state index in [0.29, 0.717) is 15.2 Å². The van der Waals surface area contributed by atoms with Crippen molar-refractivity contribution in [3.05, 3.63) is 57.0 Å². The molecule has 2 aromatic rings. The van der Waals surface area contributed by atoms with E-state index in [-0.39, 0.29) is 18.6 Å². The number of halogens is 2. The Bertz CT molecular complexity index is 751. The molecular weight excluding hydrogens is 406 g/mol. The Labute approximate surface area is 161 Å². The minimum absolute atomic E-state index is 0.0636. The summed E-state index contributed by atoms with van der Waals surface area (Å²) in [6.07, 6.45) is 0.780. The third-order valence-electron chi connectivity index (χ3n) is 3.82. The minimum Gasteiger partial charge on any atom is -0.496 e. The number of aryl methyl sites for hydroxylation is 1. The molecule has 6 heteroatoms. The molecule has 2 rings (SSSR count). The summed E-state index contributed by atoms with van der Waals surface area (Å²) in [4.78, 5) is 12.2. The van der Waals surface area contributed by atoms with E-state index in [1.807, 2.05) is 32.0 Å². The first-order chi connectivity index (χ1) is 11.9. The molecule has 1 atom stereocenters. The number of hydrogen-bond donors (Lipinski definition) is 1. The molecule has 0 heterocycles. The van der Waals surface area contributed by atoms with E-state index in [4.69, 9.17) is 21.1 Å². The Morgan fingerprint density at radius 1 is 1.24 bits per heavy atom. The Hall–Kier alpha value is -1.72. The number of hydrogen-bond acceptors (Lipinski definition) is 3. The van der Waals surface area contributed by atoms with Gasteiger partial charge in [-0.25, -0.2) is 0 Å². The van der Waals surface area contributed by atoms with Crippen molar-refractivity contribution in [1.82, 2.24) is 5.32 Å². The summed E-state index contributed by atoms with van der Waals surface area (Å²) in [5.74, 6) is 1.23. The monoisotopic (exact) mass is 425 g/mol. The van der Waals surface area contributed by atoms with Gasteiger partial charge < -0.3 is 14.8 Å². The van der Waals surface area contributed by atoms with Crippen molar-refractivity contribution in [1.29, 1.82) is 0 Å². The molecule has 0 bridgehead atoms. The van der Waals surface area contributed by atoms with Crippen molar-refractivity contribution >= 4 is 33.4 Å². The highest BCUT2D eigenvalue weighted by atomic mass is 79.9. The maximum atomic E-state index is 12.2. The van der Waals surface area contributed by atoms with Crippen molar-refractivity contribution in [3.63, 3.8) is 0 Å². The fraction of sp³-hybridized carbons (Fsp3) is 0.316. The number of carbonyl (C=O) groups excluding carboxylic acids is 1. The first-order valence-corrected chi connectivity index (χ1v) is 9.13. The fourth-order valence-corrected chi connectivity index (χ4v) is 3.31. The summed E-state index contributed by atoms with van der Waals surface area (Å²) in [7, 11) is 1.65. The van der Waals surface area contributed by atoms with Crippen LogP contribution in [0.1, 0.15) is 30.5 Å². The third kappa shape index (κ3) is 5.38. The first kappa shape index (κ1) is 19.6. The number of benzene rings is 2. The quantitative estimate of drug-likeness (QED) is 0.673. The van der Waals surface area contributed by atoms with E-state index in [2.05, 4.69) is 21.2 Å². The Balaban J connectivity index is 1.98. The van der Waals surface area contributed by atoms with E-state index < -0.39 is 0 Å². The Morgan fingerprint density at radius 3 is 2.56 bits per heavy atom. The lowest BCUT2D eigenvalue weighted by molar-refractivity contribution is -0.123. The zero-order valence-corrected chi connectivity index (χ0v) is 16.8. The highest BCUT2D eigenvalue weighted by molar-refractivity contribution is 9.10. The van der Waals surface area contributed by atoms with Gasteiger partial charge in [0.05, 0.1) is 17.6 Å². The van der Waals surface area contributed by atoms with Crippen LogP contribution in [0.4, 0.5) is 0 Å². The van der Waals surface area contributed by atoms with Gasteiger partial charge in [0.15, 0.2) is 6.61 Å². The lowest BCUT2D eigenvalue weighted by atomic mass is 10.0. The van der Waals surface area contributed by atoms with Gasteiger partial charge in [0, 0.05) is 5.02 Å². The summed E-state index contributed by atoms with van der Waals surface area (Å²) in [5, 5.41) is 3.60. The van der Waals surface area contributed by atoms with E-state index >= 15 is 0 Å². The molecule has 0 unspecified atom stereocenters. The van der Waals surface area contributed by atoms with Gasteiger partial charge in [0.1, 0.15) is 11.5 Å². The molecule has 0 aliphatic heterocycles. The standard InChI is InChI=1S/C19H21BrClNO3/c1-4-16(13-5-7-17(24-3)12(2)9-13)22-19(23)11-25-18-8-6-14(21)10-15(18)20/h5-10,16H,4,11H2,1-3H3,(H,22,23)/t16-/m0/s1. The average Bonchev–Trinajstić information content (AvgIpc) is 2.58.